The Morgan fingerprint density at radius 2 is 1.27 bits per heavy atom. The lowest BCUT2D eigenvalue weighted by atomic mass is 9.75. The van der Waals surface area contributed by atoms with Crippen molar-refractivity contribution in [3.63, 3.8) is 0 Å². The number of carbonyl (C=O) groups is 4. The van der Waals surface area contributed by atoms with Gasteiger partial charge < -0.3 is 39.9 Å². The van der Waals surface area contributed by atoms with Crippen LogP contribution in [0.1, 0.15) is 41.4 Å². The number of aliphatic hydroxyl groups is 1. The van der Waals surface area contributed by atoms with Crippen molar-refractivity contribution >= 4 is 46.4 Å². The SMILES string of the molecule is CO[C@@]1(OC(=O)c2ccccc2)[C@@](OC(=O)c2ccccc2)(C(=O)c2ccccc2)[C@@H](CO)O[C@@]1(C(=O)c1ccccc1)n1cnc2c(N)nc([N+](=O)[O-])nc21. The second-order valence-corrected chi connectivity index (χ2v) is 12.3. The molecule has 1 fully saturated rings. The van der Waals surface area contributed by atoms with Gasteiger partial charge in [0.25, 0.3) is 11.3 Å². The van der Waals surface area contributed by atoms with E-state index < -0.39 is 75.7 Å². The zero-order valence-corrected chi connectivity index (χ0v) is 29.3. The number of anilines is 1. The molecule has 56 heavy (non-hydrogen) atoms. The van der Waals surface area contributed by atoms with Crippen molar-refractivity contribution in [2.24, 2.45) is 0 Å². The molecule has 3 N–H and O–H groups in total. The number of aromatic nitrogens is 4. The molecule has 1 saturated heterocycles. The first-order chi connectivity index (χ1) is 27.0. The van der Waals surface area contributed by atoms with E-state index in [1.54, 1.807) is 24.3 Å². The fourth-order valence-corrected chi connectivity index (χ4v) is 6.83. The van der Waals surface area contributed by atoms with Crippen molar-refractivity contribution in [1.29, 1.82) is 0 Å². The third-order valence-corrected chi connectivity index (χ3v) is 9.29. The van der Waals surface area contributed by atoms with Crippen molar-refractivity contribution in [2.45, 2.75) is 23.2 Å². The molecule has 4 aromatic carbocycles. The first-order valence-corrected chi connectivity index (χ1v) is 16.8. The maximum atomic E-state index is 15.6. The molecule has 0 aliphatic carbocycles. The van der Waals surface area contributed by atoms with E-state index >= 15 is 9.59 Å². The summed E-state index contributed by atoms with van der Waals surface area (Å²) in [4.78, 5) is 83.0. The van der Waals surface area contributed by atoms with Crippen molar-refractivity contribution in [3.05, 3.63) is 160 Å². The molecule has 1 aliphatic rings. The summed E-state index contributed by atoms with van der Waals surface area (Å²) in [5, 5.41) is 23.3. The topological polar surface area (TPSA) is 238 Å². The van der Waals surface area contributed by atoms with E-state index in [-0.39, 0.29) is 27.8 Å². The van der Waals surface area contributed by atoms with E-state index in [1.165, 1.54) is 97.1 Å². The summed E-state index contributed by atoms with van der Waals surface area (Å²) >= 11 is 0. The second-order valence-electron chi connectivity index (χ2n) is 12.3. The molecule has 3 heterocycles. The molecule has 0 unspecified atom stereocenters. The molecule has 2 aromatic heterocycles. The highest BCUT2D eigenvalue weighted by Crippen LogP contribution is 2.58. The average molecular weight is 759 g/mol. The van der Waals surface area contributed by atoms with Crippen molar-refractivity contribution in [2.75, 3.05) is 19.5 Å². The zero-order chi connectivity index (χ0) is 39.7. The van der Waals surface area contributed by atoms with Gasteiger partial charge in [0.1, 0.15) is 12.4 Å². The Kier molecular flexibility index (Phi) is 9.65. The molecule has 0 saturated carbocycles. The summed E-state index contributed by atoms with van der Waals surface area (Å²) in [5.74, 6) is -9.49. The number of esters is 2. The smallest absolute Gasteiger partial charge is 0.437 e. The number of hydrogen-bond acceptors (Lipinski definition) is 15. The van der Waals surface area contributed by atoms with Crippen molar-refractivity contribution in [3.8, 4) is 0 Å². The number of nitrogens with two attached hydrogens (primary N) is 1. The Bertz CT molecular complexity index is 2470. The predicted molar refractivity (Wildman–Crippen MR) is 194 cm³/mol. The maximum absolute atomic E-state index is 15.6. The Morgan fingerprint density at radius 3 is 1.75 bits per heavy atom. The molecule has 4 atom stereocenters. The van der Waals surface area contributed by atoms with E-state index in [0.29, 0.717) is 0 Å². The molecule has 6 aromatic rings. The van der Waals surface area contributed by atoms with Gasteiger partial charge in [-0.15, -0.1) is 0 Å². The van der Waals surface area contributed by atoms with Crippen LogP contribution in [-0.2, 0) is 24.7 Å². The summed E-state index contributed by atoms with van der Waals surface area (Å²) in [6.07, 6.45) is -1.17. The van der Waals surface area contributed by atoms with Crippen molar-refractivity contribution < 1.29 is 48.2 Å². The number of ketones is 2. The van der Waals surface area contributed by atoms with Crippen LogP contribution in [0, 0.1) is 10.1 Å². The summed E-state index contributed by atoms with van der Waals surface area (Å²) in [7, 11) is 0.961. The van der Waals surface area contributed by atoms with Crippen LogP contribution < -0.4 is 5.73 Å². The molecule has 0 bridgehead atoms. The number of hydrogen-bond donors (Lipinski definition) is 2. The molecule has 0 radical (unpaired) electrons. The largest absolute Gasteiger partial charge is 0.473 e. The second kappa shape index (κ2) is 14.6. The first kappa shape index (κ1) is 37.1. The quantitative estimate of drug-likeness (QED) is 0.0591. The van der Waals surface area contributed by atoms with Gasteiger partial charge in [-0.2, -0.15) is 0 Å². The van der Waals surface area contributed by atoms with Crippen LogP contribution in [0.5, 0.6) is 0 Å². The van der Waals surface area contributed by atoms with Gasteiger partial charge in [-0.05, 0) is 39.2 Å². The summed E-state index contributed by atoms with van der Waals surface area (Å²) in [6.45, 7) is -1.18. The fourth-order valence-electron chi connectivity index (χ4n) is 6.83. The number of aliphatic hydroxyl groups excluding tert-OH is 1. The summed E-state index contributed by atoms with van der Waals surface area (Å²) < 4.78 is 26.2. The number of imidazole rings is 1. The lowest BCUT2D eigenvalue weighted by molar-refractivity contribution is -0.394. The van der Waals surface area contributed by atoms with Gasteiger partial charge in [0.05, 0.1) is 17.7 Å². The molecule has 17 heteroatoms. The van der Waals surface area contributed by atoms with Gasteiger partial charge in [-0.25, -0.2) is 14.6 Å². The predicted octanol–water partition coefficient (Wildman–Crippen LogP) is 3.92. The number of benzene rings is 4. The number of carbonyl (C=O) groups excluding carboxylic acids is 4. The minimum Gasteiger partial charge on any atom is -0.437 e. The molecule has 17 nitrogen and oxygen atoms in total. The zero-order valence-electron chi connectivity index (χ0n) is 29.3. The molecule has 7 rings (SSSR count). The minimum atomic E-state index is -3.30. The lowest BCUT2D eigenvalue weighted by Gasteiger charge is -2.47. The van der Waals surface area contributed by atoms with Gasteiger partial charge in [0.15, 0.2) is 5.52 Å². The number of ether oxygens (including phenoxy) is 4. The highest BCUT2D eigenvalue weighted by atomic mass is 16.8. The monoisotopic (exact) mass is 758 g/mol. The number of nitrogens with zero attached hydrogens (tertiary/aromatic N) is 5. The number of nitrogen functional groups attached to an aromatic ring is 1. The Labute approximate surface area is 316 Å². The van der Waals surface area contributed by atoms with Crippen LogP contribution in [0.2, 0.25) is 0 Å². The molecule has 1 aliphatic heterocycles. The highest BCUT2D eigenvalue weighted by Gasteiger charge is 2.86. The van der Waals surface area contributed by atoms with Crippen LogP contribution in [0.25, 0.3) is 11.2 Å². The van der Waals surface area contributed by atoms with Gasteiger partial charge in [0, 0.05) is 18.2 Å². The third-order valence-electron chi connectivity index (χ3n) is 9.29. The number of Topliss-reactive ketones (excluding diaryl/α,β-unsaturated/α-hetero) is 2. The molecular formula is C39H30N6O11. The summed E-state index contributed by atoms with van der Waals surface area (Å²) in [5.41, 5.74) is -1.47. The van der Waals surface area contributed by atoms with E-state index in [1.807, 2.05) is 0 Å². The van der Waals surface area contributed by atoms with Crippen LogP contribution in [-0.4, -0.2) is 84.3 Å². The standard InChI is InChI=1S/C39H30N6O11/c1-53-39(56-35(50)27-20-12-5-13-21-27)37(30(47)24-14-6-2-7-15-24,55-34(49)26-18-10-4-11-19-26)28(22-46)54-38(39,31(48)25-16-8-3-9-17-25)44-23-41-29-32(40)42-36(45(51)52)43-33(29)44/h2-21,23,28,46H,22H2,1H3,(H2,40,42,43)/t28-,37+,38-,39-/m1/s1. The number of fused-ring (bicyclic) bond motifs is 1. The average Bonchev–Trinajstić information content (AvgIpc) is 3.78. The molecule has 282 valence electrons. The molecule has 0 amide bonds. The fraction of sp³-hybridized carbons (Fsp3) is 0.154. The maximum Gasteiger partial charge on any atom is 0.473 e. The van der Waals surface area contributed by atoms with E-state index in [9.17, 15) is 24.8 Å². The van der Waals surface area contributed by atoms with E-state index in [4.69, 9.17) is 24.7 Å². The first-order valence-electron chi connectivity index (χ1n) is 16.8. The number of nitro groups is 1. The normalized spacial score (nSPS) is 21.6. The van der Waals surface area contributed by atoms with Gasteiger partial charge in [-0.3, -0.25) is 14.2 Å². The lowest BCUT2D eigenvalue weighted by Crippen LogP contribution is -2.73. The Balaban J connectivity index is 1.66. The van der Waals surface area contributed by atoms with E-state index in [0.717, 1.165) is 18.0 Å². The van der Waals surface area contributed by atoms with Crippen LogP contribution in [0.3, 0.4) is 0 Å². The van der Waals surface area contributed by atoms with Crippen LogP contribution in [0.4, 0.5) is 11.8 Å². The van der Waals surface area contributed by atoms with Crippen molar-refractivity contribution in [1.82, 2.24) is 19.5 Å². The Hall–Kier alpha value is -7.21. The number of methoxy groups -OCH3 is 1. The molecular weight excluding hydrogens is 728 g/mol. The van der Waals surface area contributed by atoms with Crippen LogP contribution >= 0.6 is 0 Å². The van der Waals surface area contributed by atoms with Gasteiger partial charge in [0.2, 0.25) is 23.0 Å². The minimum absolute atomic E-state index is 0.0973. The molecule has 0 spiro atoms. The Morgan fingerprint density at radius 1 is 0.786 bits per heavy atom. The number of rotatable bonds is 12. The van der Waals surface area contributed by atoms with Crippen LogP contribution in [0.15, 0.2) is 128 Å². The van der Waals surface area contributed by atoms with E-state index in [2.05, 4.69) is 15.0 Å². The third kappa shape index (κ3) is 5.65. The highest BCUT2D eigenvalue weighted by molar-refractivity contribution is 6.10. The van der Waals surface area contributed by atoms with Gasteiger partial charge in [-0.1, -0.05) is 97.1 Å². The van der Waals surface area contributed by atoms with Gasteiger partial charge >= 0.3 is 23.7 Å². The summed E-state index contributed by atoms with van der Waals surface area (Å²) in [6, 6.07) is 29.4.